The van der Waals surface area contributed by atoms with Crippen LogP contribution >= 0.6 is 11.3 Å². The summed E-state index contributed by atoms with van der Waals surface area (Å²) in [5, 5.41) is 9.43. The van der Waals surface area contributed by atoms with Crippen molar-refractivity contribution in [2.45, 2.75) is 6.54 Å². The lowest BCUT2D eigenvalue weighted by atomic mass is 10.1. The predicted octanol–water partition coefficient (Wildman–Crippen LogP) is 1.17. The van der Waals surface area contributed by atoms with E-state index in [0.717, 1.165) is 49.4 Å². The van der Waals surface area contributed by atoms with Gasteiger partial charge in [-0.15, -0.1) is 10.2 Å². The Labute approximate surface area is 132 Å². The van der Waals surface area contributed by atoms with Crippen LogP contribution in [-0.2, 0) is 6.54 Å². The van der Waals surface area contributed by atoms with E-state index in [1.54, 1.807) is 0 Å². The van der Waals surface area contributed by atoms with Gasteiger partial charge in [-0.1, -0.05) is 17.4 Å². The summed E-state index contributed by atoms with van der Waals surface area (Å²) >= 11 is 1.45. The number of nitrogens with zero attached hydrogens (tertiary/aromatic N) is 4. The Morgan fingerprint density at radius 1 is 1.09 bits per heavy atom. The molecule has 0 bridgehead atoms. The number of piperazine rings is 1. The molecule has 116 valence electrons. The van der Waals surface area contributed by atoms with E-state index in [2.05, 4.69) is 32.1 Å². The Morgan fingerprint density at radius 3 is 2.68 bits per heavy atom. The maximum absolute atomic E-state index is 5.65. The fourth-order valence-corrected chi connectivity index (χ4v) is 3.41. The fraction of sp³-hybridized carbons (Fsp3) is 0.429. The number of nitrogens with two attached hydrogens (primary N) is 1. The number of fused-ring (bicyclic) bond motifs is 1. The SMILES string of the molecule is Nc1nnc(N2CCN(Cc3ccc4c(c3)OCO4)CC2)s1. The molecule has 0 radical (unpaired) electrons. The molecule has 2 aliphatic rings. The second-order valence-corrected chi connectivity index (χ2v) is 6.36. The molecule has 1 fully saturated rings. The third-order valence-corrected chi connectivity index (χ3v) is 4.73. The summed E-state index contributed by atoms with van der Waals surface area (Å²) < 4.78 is 10.8. The Bertz CT molecular complexity index is 669. The predicted molar refractivity (Wildman–Crippen MR) is 84.4 cm³/mol. The first kappa shape index (κ1) is 13.6. The van der Waals surface area contributed by atoms with Crippen LogP contribution in [0.3, 0.4) is 0 Å². The molecule has 1 aromatic heterocycles. The first-order valence-electron chi connectivity index (χ1n) is 7.23. The van der Waals surface area contributed by atoms with Crippen LogP contribution in [-0.4, -0.2) is 48.1 Å². The van der Waals surface area contributed by atoms with Crippen molar-refractivity contribution >= 4 is 21.6 Å². The normalized spacial score (nSPS) is 17.9. The molecule has 4 rings (SSSR count). The Hall–Kier alpha value is -2.06. The second-order valence-electron chi connectivity index (χ2n) is 5.37. The Balaban J connectivity index is 1.36. The molecule has 1 saturated heterocycles. The van der Waals surface area contributed by atoms with E-state index in [0.29, 0.717) is 11.9 Å². The monoisotopic (exact) mass is 319 g/mol. The molecule has 2 aliphatic heterocycles. The molecule has 22 heavy (non-hydrogen) atoms. The fourth-order valence-electron chi connectivity index (χ4n) is 2.75. The number of nitrogen functional groups attached to an aromatic ring is 1. The van der Waals surface area contributed by atoms with Crippen molar-refractivity contribution in [2.75, 3.05) is 43.6 Å². The first-order valence-corrected chi connectivity index (χ1v) is 8.04. The van der Waals surface area contributed by atoms with Crippen molar-refractivity contribution in [3.05, 3.63) is 23.8 Å². The summed E-state index contributed by atoms with van der Waals surface area (Å²) in [6.45, 7) is 5.12. The van der Waals surface area contributed by atoms with Crippen LogP contribution in [0.25, 0.3) is 0 Å². The summed E-state index contributed by atoms with van der Waals surface area (Å²) in [7, 11) is 0. The zero-order valence-electron chi connectivity index (χ0n) is 12.1. The van der Waals surface area contributed by atoms with E-state index in [-0.39, 0.29) is 0 Å². The molecule has 0 aliphatic carbocycles. The first-order chi connectivity index (χ1) is 10.8. The number of aromatic nitrogens is 2. The van der Waals surface area contributed by atoms with Crippen LogP contribution in [0.4, 0.5) is 10.3 Å². The highest BCUT2D eigenvalue weighted by Gasteiger charge is 2.21. The molecular weight excluding hydrogens is 302 g/mol. The van der Waals surface area contributed by atoms with Gasteiger partial charge < -0.3 is 20.1 Å². The van der Waals surface area contributed by atoms with Crippen molar-refractivity contribution in [1.82, 2.24) is 15.1 Å². The zero-order valence-corrected chi connectivity index (χ0v) is 12.9. The van der Waals surface area contributed by atoms with Crippen LogP contribution in [0.5, 0.6) is 11.5 Å². The summed E-state index contributed by atoms with van der Waals surface area (Å²) in [4.78, 5) is 4.67. The van der Waals surface area contributed by atoms with Gasteiger partial charge in [0.2, 0.25) is 17.1 Å². The van der Waals surface area contributed by atoms with Gasteiger partial charge in [-0.05, 0) is 17.7 Å². The van der Waals surface area contributed by atoms with Crippen LogP contribution in [0, 0.1) is 0 Å². The topological polar surface area (TPSA) is 76.7 Å². The Morgan fingerprint density at radius 2 is 1.91 bits per heavy atom. The van der Waals surface area contributed by atoms with Gasteiger partial charge in [-0.3, -0.25) is 4.90 Å². The minimum absolute atomic E-state index is 0.322. The minimum Gasteiger partial charge on any atom is -0.454 e. The van der Waals surface area contributed by atoms with Crippen molar-refractivity contribution in [3.8, 4) is 11.5 Å². The largest absolute Gasteiger partial charge is 0.454 e. The summed E-state index contributed by atoms with van der Waals surface area (Å²) in [5.41, 5.74) is 6.89. The lowest BCUT2D eigenvalue weighted by Gasteiger charge is -2.34. The van der Waals surface area contributed by atoms with Crippen molar-refractivity contribution in [3.63, 3.8) is 0 Å². The summed E-state index contributed by atoms with van der Waals surface area (Å²) in [5.74, 6) is 1.68. The number of hydrogen-bond acceptors (Lipinski definition) is 8. The van der Waals surface area contributed by atoms with Gasteiger partial charge in [0.15, 0.2) is 11.5 Å². The average Bonchev–Trinajstić information content (AvgIpc) is 3.16. The number of benzene rings is 1. The van der Waals surface area contributed by atoms with Crippen LogP contribution < -0.4 is 20.1 Å². The quantitative estimate of drug-likeness (QED) is 0.910. The molecule has 0 spiro atoms. The third-order valence-electron chi connectivity index (χ3n) is 3.92. The molecule has 2 N–H and O–H groups in total. The van der Waals surface area contributed by atoms with Gasteiger partial charge in [0.25, 0.3) is 0 Å². The zero-order chi connectivity index (χ0) is 14.9. The van der Waals surface area contributed by atoms with E-state index in [1.807, 2.05) is 6.07 Å². The van der Waals surface area contributed by atoms with E-state index < -0.39 is 0 Å². The van der Waals surface area contributed by atoms with Crippen LogP contribution in [0.15, 0.2) is 18.2 Å². The average molecular weight is 319 g/mol. The van der Waals surface area contributed by atoms with Gasteiger partial charge in [0, 0.05) is 32.7 Å². The van der Waals surface area contributed by atoms with E-state index in [4.69, 9.17) is 15.2 Å². The molecule has 2 aromatic rings. The third kappa shape index (κ3) is 2.67. The van der Waals surface area contributed by atoms with Gasteiger partial charge in [0.05, 0.1) is 0 Å². The second kappa shape index (κ2) is 5.62. The van der Waals surface area contributed by atoms with Crippen molar-refractivity contribution < 1.29 is 9.47 Å². The highest BCUT2D eigenvalue weighted by atomic mass is 32.1. The summed E-state index contributed by atoms with van der Waals surface area (Å²) in [6, 6.07) is 6.16. The standard InChI is InChI=1S/C14H17N5O2S/c15-13-16-17-14(22-13)19-5-3-18(4-6-19)8-10-1-2-11-12(7-10)21-9-20-11/h1-2,7H,3-6,8-9H2,(H2,15,16). The van der Waals surface area contributed by atoms with Crippen molar-refractivity contribution in [1.29, 1.82) is 0 Å². The number of ether oxygens (including phenoxy) is 2. The lowest BCUT2D eigenvalue weighted by molar-refractivity contribution is 0.174. The molecule has 0 unspecified atom stereocenters. The van der Waals surface area contributed by atoms with E-state index in [1.165, 1.54) is 16.9 Å². The number of anilines is 2. The van der Waals surface area contributed by atoms with Crippen LogP contribution in [0.2, 0.25) is 0 Å². The minimum atomic E-state index is 0.322. The number of hydrogen-bond donors (Lipinski definition) is 1. The molecule has 3 heterocycles. The molecule has 7 nitrogen and oxygen atoms in total. The maximum Gasteiger partial charge on any atom is 0.231 e. The van der Waals surface area contributed by atoms with Gasteiger partial charge >= 0.3 is 0 Å². The van der Waals surface area contributed by atoms with E-state index >= 15 is 0 Å². The molecule has 0 amide bonds. The Kier molecular flexibility index (Phi) is 3.47. The van der Waals surface area contributed by atoms with Gasteiger partial charge in [0.1, 0.15) is 0 Å². The highest BCUT2D eigenvalue weighted by Crippen LogP contribution is 2.33. The van der Waals surface area contributed by atoms with Crippen molar-refractivity contribution in [2.24, 2.45) is 0 Å². The smallest absolute Gasteiger partial charge is 0.231 e. The van der Waals surface area contributed by atoms with Gasteiger partial charge in [-0.25, -0.2) is 0 Å². The summed E-state index contributed by atoms with van der Waals surface area (Å²) in [6.07, 6.45) is 0. The molecule has 1 aromatic carbocycles. The highest BCUT2D eigenvalue weighted by molar-refractivity contribution is 7.18. The maximum atomic E-state index is 5.65. The lowest BCUT2D eigenvalue weighted by Crippen LogP contribution is -2.45. The van der Waals surface area contributed by atoms with Gasteiger partial charge in [-0.2, -0.15) is 0 Å². The molecule has 0 saturated carbocycles. The molecule has 0 atom stereocenters. The molecular formula is C14H17N5O2S. The van der Waals surface area contributed by atoms with E-state index in [9.17, 15) is 0 Å². The van der Waals surface area contributed by atoms with Crippen LogP contribution in [0.1, 0.15) is 5.56 Å². The number of rotatable bonds is 3. The molecule has 8 heteroatoms.